The van der Waals surface area contributed by atoms with Crippen molar-refractivity contribution in [3.05, 3.63) is 12.2 Å². The average molecular weight is 384 g/mol. The Hall–Kier alpha value is -0.0831. The maximum atomic E-state index is 9.75. The van der Waals surface area contributed by atoms with Crippen LogP contribution in [0.2, 0.25) is 6.04 Å². The lowest BCUT2D eigenvalue weighted by Gasteiger charge is -2.03. The van der Waals surface area contributed by atoms with Crippen LogP contribution in [-0.2, 0) is 5.11 Å². The molecule has 0 saturated heterocycles. The van der Waals surface area contributed by atoms with Gasteiger partial charge in [0.15, 0.2) is 0 Å². The maximum Gasteiger partial charge on any atom is 0.0856 e. The molecule has 26 heavy (non-hydrogen) atoms. The first kappa shape index (κ1) is 28.1. The van der Waals surface area contributed by atoms with Crippen LogP contribution in [0.25, 0.3) is 0 Å². The van der Waals surface area contributed by atoms with E-state index in [-0.39, 0.29) is 6.61 Å². The topological polar surface area (TPSA) is 19.9 Å². The summed E-state index contributed by atoms with van der Waals surface area (Å²) in [6.07, 6.45) is 29.4. The molecule has 0 heterocycles. The predicted molar refractivity (Wildman–Crippen MR) is 124 cm³/mol. The van der Waals surface area contributed by atoms with E-state index in [1.165, 1.54) is 119 Å². The van der Waals surface area contributed by atoms with E-state index in [2.05, 4.69) is 13.8 Å². The van der Waals surface area contributed by atoms with Crippen LogP contribution in [0.1, 0.15) is 129 Å². The van der Waals surface area contributed by atoms with Crippen LogP contribution in [0, 0.1) is 0 Å². The minimum atomic E-state index is 0.0243. The molecule has 0 fully saturated rings. The van der Waals surface area contributed by atoms with Crippen molar-refractivity contribution >= 4 is 10.2 Å². The fourth-order valence-electron chi connectivity index (χ4n) is 3.15. The molecule has 0 unspecified atom stereocenters. The summed E-state index contributed by atoms with van der Waals surface area (Å²) < 4.78 is 0. The Bertz CT molecular complexity index is 224. The number of hydrogen-bond donors (Lipinski definition) is 0. The molecular formula is C24H51OSi. The lowest BCUT2D eigenvalue weighted by Crippen LogP contribution is -1.83. The van der Waals surface area contributed by atoms with Gasteiger partial charge in [0.2, 0.25) is 0 Å². The molecule has 0 saturated carbocycles. The van der Waals surface area contributed by atoms with Crippen molar-refractivity contribution in [2.24, 2.45) is 0 Å². The second kappa shape index (κ2) is 29.7. The number of allylic oxidation sites excluding steroid dienone is 1. The normalized spacial score (nSPS) is 11.0. The summed E-state index contributed by atoms with van der Waals surface area (Å²) >= 11 is 0. The minimum Gasteiger partial charge on any atom is -0.236 e. The average Bonchev–Trinajstić information content (AvgIpc) is 2.66. The van der Waals surface area contributed by atoms with E-state index in [0.29, 0.717) is 6.42 Å². The summed E-state index contributed by atoms with van der Waals surface area (Å²) in [4.78, 5) is 0. The van der Waals surface area contributed by atoms with Crippen molar-refractivity contribution in [1.82, 2.24) is 0 Å². The maximum absolute atomic E-state index is 9.75. The molecule has 0 aliphatic rings. The molecule has 0 amide bonds. The number of hydrogen-bond acceptors (Lipinski definition) is 0. The van der Waals surface area contributed by atoms with Gasteiger partial charge in [-0.1, -0.05) is 135 Å². The van der Waals surface area contributed by atoms with Gasteiger partial charge in [-0.25, -0.2) is 5.11 Å². The van der Waals surface area contributed by atoms with Gasteiger partial charge in [-0.3, -0.25) is 0 Å². The largest absolute Gasteiger partial charge is 0.236 e. The van der Waals surface area contributed by atoms with E-state index in [9.17, 15) is 5.11 Å². The molecule has 0 rings (SSSR count). The first-order valence-corrected chi connectivity index (χ1v) is 13.5. The molecule has 157 valence electrons. The van der Waals surface area contributed by atoms with Gasteiger partial charge in [0.1, 0.15) is 0 Å². The van der Waals surface area contributed by atoms with Crippen LogP contribution in [0.5, 0.6) is 0 Å². The molecular weight excluding hydrogens is 332 g/mol. The molecule has 0 aromatic heterocycles. The monoisotopic (exact) mass is 383 g/mol. The summed E-state index contributed by atoms with van der Waals surface area (Å²) in [6.45, 7) is 4.38. The Morgan fingerprint density at radius 2 is 0.962 bits per heavy atom. The first-order valence-electron chi connectivity index (χ1n) is 12.1. The quantitative estimate of drug-likeness (QED) is 0.123. The Labute approximate surface area is 169 Å². The van der Waals surface area contributed by atoms with E-state index < -0.39 is 0 Å². The lowest BCUT2D eigenvalue weighted by molar-refractivity contribution is 0.199. The van der Waals surface area contributed by atoms with E-state index >= 15 is 0 Å². The Kier molecular flexibility index (Phi) is 32.1. The van der Waals surface area contributed by atoms with Crippen LogP contribution >= 0.6 is 0 Å². The van der Waals surface area contributed by atoms with Crippen LogP contribution in [-0.4, -0.2) is 16.8 Å². The fraction of sp³-hybridized carbons (Fsp3) is 0.917. The van der Waals surface area contributed by atoms with Gasteiger partial charge < -0.3 is 0 Å². The van der Waals surface area contributed by atoms with Gasteiger partial charge in [-0.15, -0.1) is 0 Å². The molecule has 0 aromatic carbocycles. The molecule has 0 bridgehead atoms. The molecule has 0 aromatic rings. The van der Waals surface area contributed by atoms with Gasteiger partial charge in [-0.2, -0.15) is 0 Å². The summed E-state index contributed by atoms with van der Waals surface area (Å²) in [6, 6.07) is 1.51. The standard InChI is InChI=1S/C18H40Si.C6H11O/c1-2-3-4-5-6-7-8-9-10-11-12-13-14-15-16-17-18-19;1-2-3-4-5-6-7/h2-18H2,1,19H3;3-4H,2,5-6H2,1H3/b;4-3-. The highest BCUT2D eigenvalue weighted by molar-refractivity contribution is 6.08. The van der Waals surface area contributed by atoms with Gasteiger partial charge in [0, 0.05) is 10.2 Å². The summed E-state index contributed by atoms with van der Waals surface area (Å²) in [5.74, 6) is 0. The molecule has 0 spiro atoms. The summed E-state index contributed by atoms with van der Waals surface area (Å²) in [5, 5.41) is 9.75. The van der Waals surface area contributed by atoms with Crippen molar-refractivity contribution in [2.75, 3.05) is 6.61 Å². The zero-order chi connectivity index (χ0) is 19.6. The Balaban J connectivity index is 0. The zero-order valence-electron chi connectivity index (χ0n) is 18.7. The molecule has 1 nitrogen and oxygen atoms in total. The minimum absolute atomic E-state index is 0.0243. The van der Waals surface area contributed by atoms with Gasteiger partial charge in [0.05, 0.1) is 6.61 Å². The van der Waals surface area contributed by atoms with Crippen molar-refractivity contribution in [2.45, 2.75) is 135 Å². The van der Waals surface area contributed by atoms with Crippen LogP contribution in [0.4, 0.5) is 0 Å². The van der Waals surface area contributed by atoms with Gasteiger partial charge in [-0.05, 0) is 12.8 Å². The summed E-state index contributed by atoms with van der Waals surface area (Å²) in [5.41, 5.74) is 0. The third-order valence-electron chi connectivity index (χ3n) is 4.89. The molecule has 2 heteroatoms. The highest BCUT2D eigenvalue weighted by Crippen LogP contribution is 2.13. The van der Waals surface area contributed by atoms with E-state index in [0.717, 1.165) is 6.42 Å². The molecule has 0 N–H and O–H groups in total. The Morgan fingerprint density at radius 1 is 0.577 bits per heavy atom. The van der Waals surface area contributed by atoms with Crippen LogP contribution in [0.3, 0.4) is 0 Å². The highest BCUT2D eigenvalue weighted by atomic mass is 28.1. The molecule has 0 atom stereocenters. The van der Waals surface area contributed by atoms with Crippen molar-refractivity contribution in [3.63, 3.8) is 0 Å². The van der Waals surface area contributed by atoms with E-state index in [1.54, 1.807) is 0 Å². The van der Waals surface area contributed by atoms with Crippen molar-refractivity contribution < 1.29 is 5.11 Å². The smallest absolute Gasteiger partial charge is 0.0856 e. The Morgan fingerprint density at radius 3 is 1.27 bits per heavy atom. The molecule has 0 aliphatic heterocycles. The van der Waals surface area contributed by atoms with E-state index in [4.69, 9.17) is 0 Å². The number of rotatable bonds is 19. The third-order valence-corrected chi connectivity index (χ3v) is 5.60. The SMILES string of the molecule is CC/C=C\CC[O].CCCCCCCCCCCCCCCCCC[SiH3]. The predicted octanol–water partition coefficient (Wildman–Crippen LogP) is 7.80. The van der Waals surface area contributed by atoms with Crippen molar-refractivity contribution in [3.8, 4) is 0 Å². The van der Waals surface area contributed by atoms with Crippen molar-refractivity contribution in [1.29, 1.82) is 0 Å². The van der Waals surface area contributed by atoms with E-state index in [1.807, 2.05) is 12.2 Å². The number of unbranched alkanes of at least 4 members (excludes halogenated alkanes) is 15. The first-order chi connectivity index (χ1) is 12.8. The zero-order valence-corrected chi connectivity index (χ0v) is 20.7. The van der Waals surface area contributed by atoms with Crippen LogP contribution < -0.4 is 0 Å². The molecule has 0 aliphatic carbocycles. The lowest BCUT2D eigenvalue weighted by atomic mass is 10.0. The second-order valence-electron chi connectivity index (χ2n) is 7.68. The van der Waals surface area contributed by atoms with Gasteiger partial charge >= 0.3 is 0 Å². The third kappa shape index (κ3) is 31.7. The fourth-order valence-corrected chi connectivity index (χ4v) is 3.65. The highest BCUT2D eigenvalue weighted by Gasteiger charge is 1.94. The molecule has 1 radical (unpaired) electrons. The van der Waals surface area contributed by atoms with Gasteiger partial charge in [0.25, 0.3) is 0 Å². The second-order valence-corrected chi connectivity index (χ2v) is 8.68. The van der Waals surface area contributed by atoms with Crippen LogP contribution in [0.15, 0.2) is 12.2 Å². The summed E-state index contributed by atoms with van der Waals surface area (Å²) in [7, 11) is 1.41.